The lowest BCUT2D eigenvalue weighted by Gasteiger charge is -2.00. The second-order valence-electron chi connectivity index (χ2n) is 2.58. The van der Waals surface area contributed by atoms with Crippen LogP contribution in [0.15, 0.2) is 30.9 Å². The van der Waals surface area contributed by atoms with Crippen LogP contribution in [0.4, 0.5) is 4.39 Å². The Labute approximate surface area is 80.8 Å². The summed E-state index contributed by atoms with van der Waals surface area (Å²) in [6, 6.07) is 3.94. The van der Waals surface area contributed by atoms with Crippen LogP contribution in [0.1, 0.15) is 5.56 Å². The number of halogens is 2. The molecular weight excluding hydrogens is 191 g/mol. The molecule has 0 aliphatic carbocycles. The molecule has 0 fully saturated rings. The van der Waals surface area contributed by atoms with Crippen molar-refractivity contribution in [1.29, 1.82) is 0 Å². The normalized spacial score (nSPS) is 9.69. The third-order valence-electron chi connectivity index (χ3n) is 1.60. The summed E-state index contributed by atoms with van der Waals surface area (Å²) in [5, 5.41) is 0.400. The lowest BCUT2D eigenvalue weighted by atomic mass is 10.1. The maximum atomic E-state index is 12.7. The number of hydrogen-bond acceptors (Lipinski definition) is 1. The molecule has 0 aliphatic heterocycles. The molecule has 0 amide bonds. The molecule has 0 bridgehead atoms. The van der Waals surface area contributed by atoms with E-state index in [0.717, 1.165) is 0 Å². The highest BCUT2D eigenvalue weighted by Crippen LogP contribution is 2.17. The van der Waals surface area contributed by atoms with Crippen LogP contribution in [0.25, 0.3) is 0 Å². The molecule has 0 saturated heterocycles. The average Bonchev–Trinajstić information content (AvgIpc) is 2.11. The van der Waals surface area contributed by atoms with Gasteiger partial charge in [0.25, 0.3) is 0 Å². The molecular formula is C10H8ClFO. The molecule has 13 heavy (non-hydrogen) atoms. The van der Waals surface area contributed by atoms with Gasteiger partial charge >= 0.3 is 0 Å². The predicted octanol–water partition coefficient (Wildman–Crippen LogP) is 2.78. The van der Waals surface area contributed by atoms with Gasteiger partial charge in [-0.15, -0.1) is 0 Å². The van der Waals surface area contributed by atoms with Crippen molar-refractivity contribution in [3.05, 3.63) is 47.3 Å². The molecule has 3 heteroatoms. The van der Waals surface area contributed by atoms with Crippen molar-refractivity contribution in [3.63, 3.8) is 0 Å². The van der Waals surface area contributed by atoms with Gasteiger partial charge in [-0.2, -0.15) is 0 Å². The predicted molar refractivity (Wildman–Crippen MR) is 50.3 cm³/mol. The van der Waals surface area contributed by atoms with E-state index < -0.39 is 5.82 Å². The molecule has 68 valence electrons. The van der Waals surface area contributed by atoms with Crippen molar-refractivity contribution in [1.82, 2.24) is 0 Å². The van der Waals surface area contributed by atoms with Gasteiger partial charge in [-0.3, -0.25) is 4.79 Å². The molecule has 1 aromatic rings. The third kappa shape index (κ3) is 2.67. The van der Waals surface area contributed by atoms with Gasteiger partial charge in [-0.05, 0) is 29.8 Å². The fourth-order valence-electron chi connectivity index (χ4n) is 0.939. The molecule has 0 saturated carbocycles. The summed E-state index contributed by atoms with van der Waals surface area (Å²) in [5.41, 5.74) is 0.492. The topological polar surface area (TPSA) is 17.1 Å². The summed E-state index contributed by atoms with van der Waals surface area (Å²) < 4.78 is 12.7. The van der Waals surface area contributed by atoms with Crippen molar-refractivity contribution in [2.45, 2.75) is 6.42 Å². The quantitative estimate of drug-likeness (QED) is 0.683. The molecule has 1 aromatic carbocycles. The fourth-order valence-corrected chi connectivity index (χ4v) is 1.12. The van der Waals surface area contributed by atoms with E-state index >= 15 is 0 Å². The molecule has 0 aliphatic rings. The van der Waals surface area contributed by atoms with Crippen molar-refractivity contribution in [3.8, 4) is 0 Å². The van der Waals surface area contributed by atoms with Crippen molar-refractivity contribution in [2.75, 3.05) is 0 Å². The second kappa shape index (κ2) is 4.19. The molecule has 0 unspecified atom stereocenters. The highest BCUT2D eigenvalue weighted by molar-refractivity contribution is 6.31. The summed E-state index contributed by atoms with van der Waals surface area (Å²) in [4.78, 5) is 10.9. The van der Waals surface area contributed by atoms with Crippen LogP contribution >= 0.6 is 11.6 Å². The van der Waals surface area contributed by atoms with Gasteiger partial charge < -0.3 is 0 Å². The van der Waals surface area contributed by atoms with E-state index in [4.69, 9.17) is 11.6 Å². The number of carbonyl (C=O) groups is 1. The third-order valence-corrected chi connectivity index (χ3v) is 1.97. The Balaban J connectivity index is 2.93. The van der Waals surface area contributed by atoms with Crippen LogP contribution < -0.4 is 0 Å². The van der Waals surface area contributed by atoms with Crippen LogP contribution in [0.5, 0.6) is 0 Å². The minimum atomic E-state index is -0.392. The Kier molecular flexibility index (Phi) is 3.20. The zero-order valence-corrected chi connectivity index (χ0v) is 7.64. The van der Waals surface area contributed by atoms with Gasteiger partial charge in [-0.1, -0.05) is 18.2 Å². The summed E-state index contributed by atoms with van der Waals surface area (Å²) in [5.74, 6) is -0.566. The van der Waals surface area contributed by atoms with Crippen molar-refractivity contribution < 1.29 is 9.18 Å². The second-order valence-corrected chi connectivity index (χ2v) is 2.99. The number of hydrogen-bond donors (Lipinski definition) is 0. The highest BCUT2D eigenvalue weighted by atomic mass is 35.5. The van der Waals surface area contributed by atoms with Gasteiger partial charge in [0.2, 0.25) is 0 Å². The Hall–Kier alpha value is -1.15. The Bertz CT molecular complexity index is 347. The first-order valence-electron chi connectivity index (χ1n) is 3.72. The zero-order valence-electron chi connectivity index (χ0n) is 6.89. The Morgan fingerprint density at radius 3 is 2.92 bits per heavy atom. The molecule has 1 nitrogen and oxygen atoms in total. The van der Waals surface area contributed by atoms with E-state index in [-0.39, 0.29) is 12.2 Å². The monoisotopic (exact) mass is 198 g/mol. The zero-order chi connectivity index (χ0) is 9.84. The average molecular weight is 199 g/mol. The summed E-state index contributed by atoms with van der Waals surface area (Å²) in [7, 11) is 0. The minimum absolute atomic E-state index is 0.0973. The SMILES string of the molecule is C=CC(=O)Cc1cc(F)ccc1Cl. The van der Waals surface area contributed by atoms with Gasteiger partial charge in [0.05, 0.1) is 0 Å². The van der Waals surface area contributed by atoms with Crippen LogP contribution in [-0.2, 0) is 11.2 Å². The van der Waals surface area contributed by atoms with Crippen molar-refractivity contribution >= 4 is 17.4 Å². The first-order valence-corrected chi connectivity index (χ1v) is 4.10. The number of carbonyl (C=O) groups excluding carboxylic acids is 1. The molecule has 0 N–H and O–H groups in total. The highest BCUT2D eigenvalue weighted by Gasteiger charge is 2.05. The molecule has 0 atom stereocenters. The van der Waals surface area contributed by atoms with E-state index in [1.165, 1.54) is 24.3 Å². The van der Waals surface area contributed by atoms with Crippen molar-refractivity contribution in [2.24, 2.45) is 0 Å². The smallest absolute Gasteiger partial charge is 0.159 e. The number of benzene rings is 1. The standard InChI is InChI=1S/C10H8ClFO/c1-2-9(13)6-7-5-8(12)3-4-10(7)11/h2-5H,1,6H2. The van der Waals surface area contributed by atoms with E-state index in [2.05, 4.69) is 6.58 Å². The van der Waals surface area contributed by atoms with Crippen LogP contribution in [0, 0.1) is 5.82 Å². The summed E-state index contributed by atoms with van der Waals surface area (Å²) in [6.45, 7) is 3.32. The first-order chi connectivity index (χ1) is 6.13. The number of allylic oxidation sites excluding steroid dienone is 1. The summed E-state index contributed by atoms with van der Waals surface area (Å²) in [6.07, 6.45) is 1.29. The number of ketones is 1. The van der Waals surface area contributed by atoms with E-state index in [1.807, 2.05) is 0 Å². The molecule has 0 spiro atoms. The van der Waals surface area contributed by atoms with Gasteiger partial charge in [-0.25, -0.2) is 4.39 Å². The fraction of sp³-hybridized carbons (Fsp3) is 0.100. The summed E-state index contributed by atoms with van der Waals surface area (Å²) >= 11 is 5.74. The molecule has 0 radical (unpaired) electrons. The van der Waals surface area contributed by atoms with Gasteiger partial charge in [0.1, 0.15) is 5.82 Å². The van der Waals surface area contributed by atoms with E-state index in [0.29, 0.717) is 10.6 Å². The molecule has 0 heterocycles. The van der Waals surface area contributed by atoms with Gasteiger partial charge in [0.15, 0.2) is 5.78 Å². The van der Waals surface area contributed by atoms with Crippen LogP contribution in [0.3, 0.4) is 0 Å². The minimum Gasteiger partial charge on any atom is -0.295 e. The molecule has 0 aromatic heterocycles. The largest absolute Gasteiger partial charge is 0.295 e. The number of rotatable bonds is 3. The molecule has 1 rings (SSSR count). The van der Waals surface area contributed by atoms with Crippen LogP contribution in [-0.4, -0.2) is 5.78 Å². The Morgan fingerprint density at radius 2 is 2.31 bits per heavy atom. The van der Waals surface area contributed by atoms with E-state index in [1.54, 1.807) is 0 Å². The maximum Gasteiger partial charge on any atom is 0.159 e. The maximum absolute atomic E-state index is 12.7. The first kappa shape index (κ1) is 9.93. The lowest BCUT2D eigenvalue weighted by molar-refractivity contribution is -0.114. The Morgan fingerprint density at radius 1 is 1.62 bits per heavy atom. The van der Waals surface area contributed by atoms with Crippen LogP contribution in [0.2, 0.25) is 5.02 Å². The lowest BCUT2D eigenvalue weighted by Crippen LogP contribution is -1.98. The van der Waals surface area contributed by atoms with E-state index in [9.17, 15) is 9.18 Å². The van der Waals surface area contributed by atoms with Gasteiger partial charge in [0, 0.05) is 11.4 Å².